The van der Waals surface area contributed by atoms with Crippen molar-refractivity contribution in [2.24, 2.45) is 0 Å². The third-order valence-corrected chi connectivity index (χ3v) is 3.51. The first-order valence-electron chi connectivity index (χ1n) is 6.30. The molecule has 2 rings (SSSR count). The van der Waals surface area contributed by atoms with Gasteiger partial charge < -0.3 is 15.2 Å². The maximum atomic E-state index is 8.97. The van der Waals surface area contributed by atoms with E-state index >= 15 is 0 Å². The van der Waals surface area contributed by atoms with Crippen molar-refractivity contribution in [2.45, 2.75) is 13.5 Å². The van der Waals surface area contributed by atoms with Crippen LogP contribution in [0, 0.1) is 18.3 Å². The summed E-state index contributed by atoms with van der Waals surface area (Å²) in [6, 6.07) is 11.1. The summed E-state index contributed by atoms with van der Waals surface area (Å²) in [5, 5.41) is 8.97. The first-order valence-corrected chi connectivity index (χ1v) is 7.10. The summed E-state index contributed by atoms with van der Waals surface area (Å²) in [7, 11) is 1.59. The Morgan fingerprint density at radius 1 is 1.29 bits per heavy atom. The van der Waals surface area contributed by atoms with Crippen LogP contribution in [-0.4, -0.2) is 7.11 Å². The number of anilines is 1. The molecule has 0 bridgehead atoms. The van der Waals surface area contributed by atoms with E-state index in [9.17, 15) is 0 Å². The molecule has 2 N–H and O–H groups in total. The van der Waals surface area contributed by atoms with E-state index in [-0.39, 0.29) is 6.61 Å². The van der Waals surface area contributed by atoms with E-state index in [2.05, 4.69) is 22.0 Å². The Labute approximate surface area is 132 Å². The van der Waals surface area contributed by atoms with Crippen molar-refractivity contribution in [3.63, 3.8) is 0 Å². The van der Waals surface area contributed by atoms with E-state index in [1.807, 2.05) is 13.0 Å². The van der Waals surface area contributed by atoms with E-state index < -0.39 is 0 Å². The zero-order valence-electron chi connectivity index (χ0n) is 11.8. The number of hydrogen-bond donors (Lipinski definition) is 1. The molecule has 21 heavy (non-hydrogen) atoms. The van der Waals surface area contributed by atoms with E-state index in [4.69, 9.17) is 20.5 Å². The third-order valence-electron chi connectivity index (χ3n) is 3.05. The molecule has 0 unspecified atom stereocenters. The molecule has 2 aromatic carbocycles. The maximum absolute atomic E-state index is 8.97. The summed E-state index contributed by atoms with van der Waals surface area (Å²) in [6.07, 6.45) is 0. The highest BCUT2D eigenvalue weighted by Crippen LogP contribution is 2.31. The van der Waals surface area contributed by atoms with Crippen LogP contribution in [0.1, 0.15) is 16.7 Å². The van der Waals surface area contributed by atoms with Crippen LogP contribution in [0.15, 0.2) is 34.8 Å². The van der Waals surface area contributed by atoms with Crippen molar-refractivity contribution in [1.82, 2.24) is 0 Å². The molecular weight excluding hydrogens is 332 g/mol. The fraction of sp³-hybridized carbons (Fsp3) is 0.188. The molecule has 0 radical (unpaired) electrons. The molecule has 4 nitrogen and oxygen atoms in total. The zero-order chi connectivity index (χ0) is 15.4. The number of benzene rings is 2. The van der Waals surface area contributed by atoms with Crippen molar-refractivity contribution in [3.8, 4) is 17.6 Å². The lowest BCUT2D eigenvalue weighted by Gasteiger charge is -2.14. The van der Waals surface area contributed by atoms with Gasteiger partial charge in [0.05, 0.1) is 24.4 Å². The Kier molecular flexibility index (Phi) is 4.71. The Morgan fingerprint density at radius 2 is 2.05 bits per heavy atom. The van der Waals surface area contributed by atoms with Gasteiger partial charge in [0.15, 0.2) is 0 Å². The van der Waals surface area contributed by atoms with Gasteiger partial charge in [0.25, 0.3) is 0 Å². The van der Waals surface area contributed by atoms with Crippen LogP contribution in [0.4, 0.5) is 5.69 Å². The van der Waals surface area contributed by atoms with Gasteiger partial charge in [0.2, 0.25) is 0 Å². The first kappa shape index (κ1) is 15.2. The molecule has 2 aromatic rings. The van der Waals surface area contributed by atoms with Crippen molar-refractivity contribution < 1.29 is 9.47 Å². The number of rotatable bonds is 4. The van der Waals surface area contributed by atoms with E-state index in [0.717, 1.165) is 15.6 Å². The van der Waals surface area contributed by atoms with Crippen LogP contribution in [0.25, 0.3) is 0 Å². The summed E-state index contributed by atoms with van der Waals surface area (Å²) in [5.41, 5.74) is 8.85. The van der Waals surface area contributed by atoms with Crippen LogP contribution in [-0.2, 0) is 6.61 Å². The van der Waals surface area contributed by atoms with Crippen LogP contribution in [0.2, 0.25) is 0 Å². The van der Waals surface area contributed by atoms with Crippen molar-refractivity contribution in [3.05, 3.63) is 51.5 Å². The predicted octanol–water partition coefficient (Wildman–Crippen LogP) is 3.80. The second-order valence-corrected chi connectivity index (χ2v) is 5.48. The minimum absolute atomic E-state index is 0.283. The van der Waals surface area contributed by atoms with Gasteiger partial charge in [-0.05, 0) is 42.8 Å². The molecule has 0 aromatic heterocycles. The molecule has 0 amide bonds. The second-order valence-electron chi connectivity index (χ2n) is 4.57. The molecule has 0 heterocycles. The van der Waals surface area contributed by atoms with E-state index in [0.29, 0.717) is 22.7 Å². The summed E-state index contributed by atoms with van der Waals surface area (Å²) in [5.74, 6) is 1.32. The van der Waals surface area contributed by atoms with Crippen LogP contribution < -0.4 is 15.2 Å². The smallest absolute Gasteiger partial charge is 0.145 e. The van der Waals surface area contributed by atoms with Crippen LogP contribution in [0.5, 0.6) is 11.5 Å². The number of nitrogen functional groups attached to an aromatic ring is 1. The summed E-state index contributed by atoms with van der Waals surface area (Å²) in [6.45, 7) is 2.21. The molecule has 0 atom stereocenters. The van der Waals surface area contributed by atoms with Crippen molar-refractivity contribution in [1.29, 1.82) is 5.26 Å². The van der Waals surface area contributed by atoms with Crippen LogP contribution in [0.3, 0.4) is 0 Å². The Hall–Kier alpha value is -2.19. The summed E-state index contributed by atoms with van der Waals surface area (Å²) < 4.78 is 12.0. The van der Waals surface area contributed by atoms with Gasteiger partial charge in [-0.15, -0.1) is 0 Å². The van der Waals surface area contributed by atoms with E-state index in [1.165, 1.54) is 0 Å². The molecule has 0 aliphatic carbocycles. The highest BCUT2D eigenvalue weighted by Gasteiger charge is 2.10. The number of aryl methyl sites for hydroxylation is 1. The molecule has 0 saturated heterocycles. The lowest BCUT2D eigenvalue weighted by molar-refractivity contribution is 0.296. The minimum Gasteiger partial charge on any atom is -0.496 e. The Bertz CT molecular complexity index is 685. The fourth-order valence-electron chi connectivity index (χ4n) is 2.06. The average Bonchev–Trinajstić information content (AvgIpc) is 2.45. The number of nitrogens with zero attached hydrogens (tertiary/aromatic N) is 1. The Balaban J connectivity index is 2.26. The number of hydrogen-bond acceptors (Lipinski definition) is 4. The quantitative estimate of drug-likeness (QED) is 0.855. The van der Waals surface area contributed by atoms with Gasteiger partial charge >= 0.3 is 0 Å². The van der Waals surface area contributed by atoms with Gasteiger partial charge in [-0.3, -0.25) is 0 Å². The average molecular weight is 347 g/mol. The lowest BCUT2D eigenvalue weighted by Crippen LogP contribution is -2.03. The van der Waals surface area contributed by atoms with E-state index in [1.54, 1.807) is 31.4 Å². The molecule has 0 fully saturated rings. The van der Waals surface area contributed by atoms with Gasteiger partial charge in [-0.25, -0.2) is 0 Å². The zero-order valence-corrected chi connectivity index (χ0v) is 13.4. The number of nitrogens with two attached hydrogens (primary N) is 1. The molecule has 0 spiro atoms. The molecule has 0 saturated carbocycles. The van der Waals surface area contributed by atoms with Crippen LogP contribution >= 0.6 is 15.9 Å². The predicted molar refractivity (Wildman–Crippen MR) is 85.3 cm³/mol. The lowest BCUT2D eigenvalue weighted by atomic mass is 10.1. The maximum Gasteiger partial charge on any atom is 0.145 e. The monoisotopic (exact) mass is 346 g/mol. The highest BCUT2D eigenvalue weighted by molar-refractivity contribution is 9.10. The highest BCUT2D eigenvalue weighted by atomic mass is 79.9. The molecule has 0 aliphatic rings. The topological polar surface area (TPSA) is 68.3 Å². The minimum atomic E-state index is 0.283. The Morgan fingerprint density at radius 3 is 2.67 bits per heavy atom. The molecular formula is C16H15BrN2O2. The normalized spacial score (nSPS) is 10.0. The summed E-state index contributed by atoms with van der Waals surface area (Å²) >= 11 is 3.39. The first-order chi connectivity index (χ1) is 10.0. The largest absolute Gasteiger partial charge is 0.496 e. The standard InChI is InChI=1S/C16H15BrN2O2/c1-10-5-13(17)7-14(19)16(10)21-9-12-6-11(8-18)3-4-15(12)20-2/h3-7H,9,19H2,1-2H3. The molecule has 108 valence electrons. The molecule has 5 heteroatoms. The van der Waals surface area contributed by atoms with Gasteiger partial charge in [-0.1, -0.05) is 15.9 Å². The number of methoxy groups -OCH3 is 1. The SMILES string of the molecule is COc1ccc(C#N)cc1COc1c(C)cc(Br)cc1N. The molecule has 0 aliphatic heterocycles. The summed E-state index contributed by atoms with van der Waals surface area (Å²) in [4.78, 5) is 0. The number of ether oxygens (including phenoxy) is 2. The second kappa shape index (κ2) is 6.51. The van der Waals surface area contributed by atoms with Crippen molar-refractivity contribution >= 4 is 21.6 Å². The van der Waals surface area contributed by atoms with Gasteiger partial charge in [0.1, 0.15) is 18.1 Å². The van der Waals surface area contributed by atoms with Gasteiger partial charge in [0, 0.05) is 10.0 Å². The number of nitriles is 1. The van der Waals surface area contributed by atoms with Crippen molar-refractivity contribution in [2.75, 3.05) is 12.8 Å². The van der Waals surface area contributed by atoms with Gasteiger partial charge in [-0.2, -0.15) is 5.26 Å². The number of halogens is 1. The third kappa shape index (κ3) is 3.47. The fourth-order valence-corrected chi connectivity index (χ4v) is 2.65.